The summed E-state index contributed by atoms with van der Waals surface area (Å²) in [6.45, 7) is 11.0. The summed E-state index contributed by atoms with van der Waals surface area (Å²) >= 11 is 0. The lowest BCUT2D eigenvalue weighted by atomic mass is 9.98. The largest absolute Gasteiger partial charge is 0.317 e. The summed E-state index contributed by atoms with van der Waals surface area (Å²) < 4.78 is 2.01. The number of aryl methyl sites for hydroxylation is 1. The topological polar surface area (TPSA) is 33.1 Å². The van der Waals surface area contributed by atoms with E-state index >= 15 is 0 Å². The number of nitrogens with zero attached hydrogens (tertiary/aromatic N) is 3. The fraction of sp³-hybridized carbons (Fsp3) is 0.786. The third kappa shape index (κ3) is 3.82. The fourth-order valence-electron chi connectivity index (χ4n) is 2.73. The summed E-state index contributed by atoms with van der Waals surface area (Å²) in [5.74, 6) is 0.819. The zero-order valence-electron chi connectivity index (χ0n) is 11.7. The molecule has 2 heterocycles. The van der Waals surface area contributed by atoms with Gasteiger partial charge >= 0.3 is 0 Å². The Morgan fingerprint density at radius 2 is 2.33 bits per heavy atom. The maximum Gasteiger partial charge on any atom is 0.0534 e. The Morgan fingerprint density at radius 3 is 3.06 bits per heavy atom. The van der Waals surface area contributed by atoms with Crippen molar-refractivity contribution in [1.82, 2.24) is 20.0 Å². The molecule has 0 aromatic carbocycles. The molecule has 4 heteroatoms. The second-order valence-electron chi connectivity index (χ2n) is 5.26. The van der Waals surface area contributed by atoms with Crippen LogP contribution in [0.25, 0.3) is 0 Å². The molecule has 1 aromatic rings. The first-order valence-corrected chi connectivity index (χ1v) is 7.26. The highest BCUT2D eigenvalue weighted by Crippen LogP contribution is 2.17. The number of hydrogen-bond acceptors (Lipinski definition) is 3. The maximum absolute atomic E-state index is 4.35. The van der Waals surface area contributed by atoms with Gasteiger partial charge in [-0.1, -0.05) is 6.92 Å². The smallest absolute Gasteiger partial charge is 0.0534 e. The number of piperidine rings is 1. The second kappa shape index (κ2) is 6.90. The van der Waals surface area contributed by atoms with E-state index in [1.807, 2.05) is 10.9 Å². The van der Waals surface area contributed by atoms with Crippen LogP contribution in [-0.2, 0) is 13.1 Å². The molecule has 18 heavy (non-hydrogen) atoms. The lowest BCUT2D eigenvalue weighted by molar-refractivity contribution is 0.166. The van der Waals surface area contributed by atoms with Crippen molar-refractivity contribution in [2.75, 3.05) is 26.2 Å². The number of likely N-dealkylation sites (tertiary alicyclic amines) is 1. The molecule has 1 N–H and O–H groups in total. The molecule has 1 atom stereocenters. The molecule has 2 rings (SSSR count). The molecule has 0 spiro atoms. The molecular weight excluding hydrogens is 224 g/mol. The summed E-state index contributed by atoms with van der Waals surface area (Å²) in [7, 11) is 0. The highest BCUT2D eigenvalue weighted by Gasteiger charge is 2.19. The van der Waals surface area contributed by atoms with E-state index in [9.17, 15) is 0 Å². The quantitative estimate of drug-likeness (QED) is 0.834. The molecule has 4 nitrogen and oxygen atoms in total. The maximum atomic E-state index is 4.35. The van der Waals surface area contributed by atoms with Crippen LogP contribution < -0.4 is 5.32 Å². The van der Waals surface area contributed by atoms with Crippen LogP contribution in [0.5, 0.6) is 0 Å². The van der Waals surface area contributed by atoms with E-state index < -0.39 is 0 Å². The van der Waals surface area contributed by atoms with Gasteiger partial charge in [0, 0.05) is 31.4 Å². The number of hydrogen-bond donors (Lipinski definition) is 1. The third-order valence-electron chi connectivity index (χ3n) is 3.70. The highest BCUT2D eigenvalue weighted by atomic mass is 15.3. The zero-order valence-corrected chi connectivity index (χ0v) is 11.7. The van der Waals surface area contributed by atoms with E-state index in [1.165, 1.54) is 38.0 Å². The monoisotopic (exact) mass is 250 g/mol. The molecule has 0 bridgehead atoms. The van der Waals surface area contributed by atoms with Crippen LogP contribution in [0.15, 0.2) is 12.4 Å². The van der Waals surface area contributed by atoms with Crippen LogP contribution in [0.2, 0.25) is 0 Å². The van der Waals surface area contributed by atoms with Crippen molar-refractivity contribution in [3.8, 4) is 0 Å². The van der Waals surface area contributed by atoms with Gasteiger partial charge in [0.2, 0.25) is 0 Å². The summed E-state index contributed by atoms with van der Waals surface area (Å²) in [5.41, 5.74) is 1.35. The Labute approximate surface area is 110 Å². The average molecular weight is 250 g/mol. The number of nitrogens with one attached hydrogen (secondary N) is 1. The van der Waals surface area contributed by atoms with Crippen molar-refractivity contribution in [3.05, 3.63) is 18.0 Å². The van der Waals surface area contributed by atoms with E-state index in [4.69, 9.17) is 0 Å². The minimum absolute atomic E-state index is 0.819. The van der Waals surface area contributed by atoms with E-state index in [-0.39, 0.29) is 0 Å². The zero-order chi connectivity index (χ0) is 12.8. The lowest BCUT2D eigenvalue weighted by Crippen LogP contribution is -2.39. The van der Waals surface area contributed by atoms with Crippen LogP contribution in [-0.4, -0.2) is 40.9 Å². The van der Waals surface area contributed by atoms with Crippen molar-refractivity contribution in [1.29, 1.82) is 0 Å². The van der Waals surface area contributed by atoms with Gasteiger partial charge in [-0.15, -0.1) is 0 Å². The summed E-state index contributed by atoms with van der Waals surface area (Å²) in [6.07, 6.45) is 6.89. The molecular formula is C14H26N4. The molecule has 1 aliphatic heterocycles. The van der Waals surface area contributed by atoms with Gasteiger partial charge in [0.1, 0.15) is 0 Å². The summed E-state index contributed by atoms with van der Waals surface area (Å²) in [4.78, 5) is 2.57. The average Bonchev–Trinajstić information content (AvgIpc) is 2.84. The molecule has 1 fully saturated rings. The molecule has 102 valence electrons. The molecule has 0 amide bonds. The minimum atomic E-state index is 0.819. The molecule has 0 saturated carbocycles. The Morgan fingerprint density at radius 1 is 1.44 bits per heavy atom. The fourth-order valence-corrected chi connectivity index (χ4v) is 2.73. The molecule has 1 aromatic heterocycles. The van der Waals surface area contributed by atoms with Gasteiger partial charge in [0.15, 0.2) is 0 Å². The lowest BCUT2D eigenvalue weighted by Gasteiger charge is -2.32. The van der Waals surface area contributed by atoms with Crippen molar-refractivity contribution in [3.63, 3.8) is 0 Å². The molecule has 1 aliphatic rings. The van der Waals surface area contributed by atoms with Gasteiger partial charge < -0.3 is 5.32 Å². The van der Waals surface area contributed by atoms with E-state index in [0.29, 0.717) is 0 Å². The van der Waals surface area contributed by atoms with Gasteiger partial charge in [-0.2, -0.15) is 5.10 Å². The van der Waals surface area contributed by atoms with E-state index in [2.05, 4.69) is 35.4 Å². The van der Waals surface area contributed by atoms with Crippen LogP contribution in [0, 0.1) is 5.92 Å². The molecule has 0 aliphatic carbocycles. The van der Waals surface area contributed by atoms with Crippen molar-refractivity contribution in [2.24, 2.45) is 5.92 Å². The van der Waals surface area contributed by atoms with Crippen molar-refractivity contribution in [2.45, 2.75) is 39.8 Å². The normalized spacial score (nSPS) is 21.3. The Kier molecular flexibility index (Phi) is 5.20. The van der Waals surface area contributed by atoms with Crippen molar-refractivity contribution >= 4 is 0 Å². The predicted molar refractivity (Wildman–Crippen MR) is 74.4 cm³/mol. The van der Waals surface area contributed by atoms with E-state index in [0.717, 1.165) is 25.6 Å². The number of aromatic nitrogens is 2. The minimum Gasteiger partial charge on any atom is -0.317 e. The van der Waals surface area contributed by atoms with Crippen molar-refractivity contribution < 1.29 is 0 Å². The first kappa shape index (κ1) is 13.6. The Balaban J connectivity index is 1.81. The van der Waals surface area contributed by atoms with Crippen LogP contribution in [0.4, 0.5) is 0 Å². The van der Waals surface area contributed by atoms with Crippen LogP contribution >= 0.6 is 0 Å². The van der Waals surface area contributed by atoms with Crippen LogP contribution in [0.3, 0.4) is 0 Å². The standard InChI is InChI=1S/C14H26N4/c1-3-15-8-13-6-5-7-17(10-13)11-14-9-16-18(4-2)12-14/h9,12-13,15H,3-8,10-11H2,1-2H3. The van der Waals surface area contributed by atoms with E-state index in [1.54, 1.807) is 0 Å². The van der Waals surface area contributed by atoms with Gasteiger partial charge in [-0.25, -0.2) is 0 Å². The molecule has 0 radical (unpaired) electrons. The molecule has 1 unspecified atom stereocenters. The van der Waals surface area contributed by atoms with Crippen LogP contribution in [0.1, 0.15) is 32.3 Å². The Bertz CT molecular complexity index is 347. The number of rotatable bonds is 6. The third-order valence-corrected chi connectivity index (χ3v) is 3.70. The second-order valence-corrected chi connectivity index (χ2v) is 5.26. The van der Waals surface area contributed by atoms with Gasteiger partial charge in [0.05, 0.1) is 6.20 Å². The van der Waals surface area contributed by atoms with Gasteiger partial charge in [-0.05, 0) is 45.3 Å². The first-order chi connectivity index (χ1) is 8.81. The first-order valence-electron chi connectivity index (χ1n) is 7.26. The van der Waals surface area contributed by atoms with Gasteiger partial charge in [0.25, 0.3) is 0 Å². The predicted octanol–water partition coefficient (Wildman–Crippen LogP) is 1.72. The van der Waals surface area contributed by atoms with Gasteiger partial charge in [-0.3, -0.25) is 9.58 Å². The SMILES string of the molecule is CCNCC1CCCN(Cc2cnn(CC)c2)C1. The Hall–Kier alpha value is -0.870. The molecule has 1 saturated heterocycles. The summed E-state index contributed by atoms with van der Waals surface area (Å²) in [6, 6.07) is 0. The highest BCUT2D eigenvalue weighted by molar-refractivity contribution is 5.03. The summed E-state index contributed by atoms with van der Waals surface area (Å²) in [5, 5.41) is 7.82.